The monoisotopic (exact) mass is 278 g/mol. The Hall–Kier alpha value is -1.88. The van der Waals surface area contributed by atoms with Crippen LogP contribution in [0, 0.1) is 5.92 Å². The molecule has 0 saturated heterocycles. The summed E-state index contributed by atoms with van der Waals surface area (Å²) in [6, 6.07) is 8.76. The van der Waals surface area contributed by atoms with Crippen molar-refractivity contribution < 1.29 is 14.7 Å². The summed E-state index contributed by atoms with van der Waals surface area (Å²) < 4.78 is 0. The zero-order valence-corrected chi connectivity index (χ0v) is 11.7. The Morgan fingerprint density at radius 3 is 2.50 bits per heavy atom. The normalized spacial score (nSPS) is 13.5. The second-order valence-corrected chi connectivity index (χ2v) is 5.03. The van der Waals surface area contributed by atoms with E-state index in [-0.39, 0.29) is 18.2 Å². The van der Waals surface area contributed by atoms with E-state index < -0.39 is 12.0 Å². The van der Waals surface area contributed by atoms with E-state index in [0.29, 0.717) is 19.4 Å². The third kappa shape index (κ3) is 5.84. The summed E-state index contributed by atoms with van der Waals surface area (Å²) in [5.74, 6) is -1.21. The molecule has 4 N–H and O–H groups in total. The first kappa shape index (κ1) is 16.2. The minimum Gasteiger partial charge on any atom is -0.480 e. The molecule has 0 heterocycles. The van der Waals surface area contributed by atoms with Crippen LogP contribution in [-0.2, 0) is 16.0 Å². The maximum absolute atomic E-state index is 11.7. The summed E-state index contributed by atoms with van der Waals surface area (Å²) in [6.07, 6.45) is 1.25. The van der Waals surface area contributed by atoms with Crippen LogP contribution in [0.3, 0.4) is 0 Å². The van der Waals surface area contributed by atoms with Gasteiger partial charge < -0.3 is 16.2 Å². The van der Waals surface area contributed by atoms with Gasteiger partial charge in [0.05, 0.1) is 0 Å². The highest BCUT2D eigenvalue weighted by Gasteiger charge is 2.20. The van der Waals surface area contributed by atoms with Crippen molar-refractivity contribution in [3.8, 4) is 0 Å². The van der Waals surface area contributed by atoms with Crippen LogP contribution in [0.2, 0.25) is 0 Å². The van der Waals surface area contributed by atoms with Gasteiger partial charge in [0.1, 0.15) is 6.04 Å². The summed E-state index contributed by atoms with van der Waals surface area (Å²) in [7, 11) is 0. The average molecular weight is 278 g/mol. The lowest BCUT2D eigenvalue weighted by molar-refractivity contribution is -0.142. The van der Waals surface area contributed by atoms with Crippen molar-refractivity contribution >= 4 is 11.9 Å². The minimum absolute atomic E-state index is 0.0542. The highest BCUT2D eigenvalue weighted by Crippen LogP contribution is 2.06. The minimum atomic E-state index is -1.00. The number of aliphatic carboxylic acids is 1. The van der Waals surface area contributed by atoms with Gasteiger partial charge in [-0.2, -0.15) is 0 Å². The number of carbonyl (C=O) groups is 2. The molecule has 0 saturated carbocycles. The molecule has 0 bridgehead atoms. The number of hydrogen-bond acceptors (Lipinski definition) is 3. The number of rotatable bonds is 8. The van der Waals surface area contributed by atoms with Crippen LogP contribution in [0.5, 0.6) is 0 Å². The third-order valence-electron chi connectivity index (χ3n) is 3.13. The molecule has 2 unspecified atom stereocenters. The second-order valence-electron chi connectivity index (χ2n) is 5.03. The molecule has 0 radical (unpaired) electrons. The largest absolute Gasteiger partial charge is 0.480 e. The number of carbonyl (C=O) groups excluding carboxylic acids is 1. The van der Waals surface area contributed by atoms with E-state index in [9.17, 15) is 9.59 Å². The van der Waals surface area contributed by atoms with Crippen LogP contribution in [0.25, 0.3) is 0 Å². The number of aryl methyl sites for hydroxylation is 1. The number of benzene rings is 1. The van der Waals surface area contributed by atoms with E-state index in [1.165, 1.54) is 0 Å². The smallest absolute Gasteiger partial charge is 0.326 e. The first-order chi connectivity index (χ1) is 9.52. The predicted octanol–water partition coefficient (Wildman–Crippen LogP) is 1.17. The van der Waals surface area contributed by atoms with E-state index in [0.717, 1.165) is 5.56 Å². The first-order valence-electron chi connectivity index (χ1n) is 6.79. The number of nitrogens with one attached hydrogen (secondary N) is 1. The third-order valence-corrected chi connectivity index (χ3v) is 3.13. The Balaban J connectivity index is 2.48. The van der Waals surface area contributed by atoms with Crippen molar-refractivity contribution in [1.82, 2.24) is 5.32 Å². The second kappa shape index (κ2) is 8.32. The van der Waals surface area contributed by atoms with E-state index in [2.05, 4.69) is 5.32 Å². The number of hydrogen-bond donors (Lipinski definition) is 3. The van der Waals surface area contributed by atoms with Gasteiger partial charge >= 0.3 is 5.97 Å². The van der Waals surface area contributed by atoms with E-state index in [1.807, 2.05) is 37.3 Å². The van der Waals surface area contributed by atoms with Crippen LogP contribution in [0.15, 0.2) is 30.3 Å². The van der Waals surface area contributed by atoms with Gasteiger partial charge in [-0.3, -0.25) is 4.79 Å². The summed E-state index contributed by atoms with van der Waals surface area (Å²) >= 11 is 0. The highest BCUT2D eigenvalue weighted by molar-refractivity contribution is 5.83. The van der Waals surface area contributed by atoms with Crippen molar-refractivity contribution in [2.45, 2.75) is 32.2 Å². The molecule has 110 valence electrons. The molecule has 1 aromatic rings. The van der Waals surface area contributed by atoms with Crippen molar-refractivity contribution in [1.29, 1.82) is 0 Å². The van der Waals surface area contributed by atoms with Crippen LogP contribution < -0.4 is 11.1 Å². The molecular weight excluding hydrogens is 256 g/mol. The van der Waals surface area contributed by atoms with Gasteiger partial charge in [0.15, 0.2) is 0 Å². The number of carboxylic acids is 1. The van der Waals surface area contributed by atoms with E-state index in [1.54, 1.807) is 0 Å². The molecule has 0 aliphatic rings. The van der Waals surface area contributed by atoms with Crippen LogP contribution >= 0.6 is 0 Å². The Morgan fingerprint density at radius 2 is 1.95 bits per heavy atom. The zero-order chi connectivity index (χ0) is 15.0. The fourth-order valence-corrected chi connectivity index (χ4v) is 1.87. The lowest BCUT2D eigenvalue weighted by Crippen LogP contribution is -2.41. The number of carboxylic acid groups (broad SMARTS) is 1. The quantitative estimate of drug-likeness (QED) is 0.665. The maximum atomic E-state index is 11.7. The van der Waals surface area contributed by atoms with Gasteiger partial charge in [-0.25, -0.2) is 4.79 Å². The molecule has 0 spiro atoms. The highest BCUT2D eigenvalue weighted by atomic mass is 16.4. The number of amides is 1. The molecule has 2 atom stereocenters. The van der Waals surface area contributed by atoms with Crippen LogP contribution in [0.1, 0.15) is 25.3 Å². The molecule has 0 aromatic heterocycles. The van der Waals surface area contributed by atoms with E-state index >= 15 is 0 Å². The molecule has 1 aromatic carbocycles. The van der Waals surface area contributed by atoms with Crippen molar-refractivity contribution in [2.75, 3.05) is 6.54 Å². The van der Waals surface area contributed by atoms with Gasteiger partial charge in [-0.15, -0.1) is 0 Å². The summed E-state index contributed by atoms with van der Waals surface area (Å²) in [5, 5.41) is 11.7. The fourth-order valence-electron chi connectivity index (χ4n) is 1.87. The predicted molar refractivity (Wildman–Crippen MR) is 77.2 cm³/mol. The van der Waals surface area contributed by atoms with Crippen molar-refractivity contribution in [2.24, 2.45) is 11.7 Å². The molecule has 0 aliphatic carbocycles. The molecule has 1 rings (SSSR count). The SMILES string of the molecule is CC(CN)CC(=O)NC(CCc1ccccc1)C(=O)O. The molecule has 20 heavy (non-hydrogen) atoms. The molecule has 0 aliphatic heterocycles. The van der Waals surface area contributed by atoms with E-state index in [4.69, 9.17) is 10.8 Å². The van der Waals surface area contributed by atoms with Gasteiger partial charge in [0.25, 0.3) is 0 Å². The van der Waals surface area contributed by atoms with Crippen LogP contribution in [0.4, 0.5) is 0 Å². The molecule has 5 nitrogen and oxygen atoms in total. The van der Waals surface area contributed by atoms with Gasteiger partial charge in [0.2, 0.25) is 5.91 Å². The van der Waals surface area contributed by atoms with Crippen molar-refractivity contribution in [3.63, 3.8) is 0 Å². The Kier molecular flexibility index (Phi) is 6.73. The van der Waals surface area contributed by atoms with Gasteiger partial charge in [-0.1, -0.05) is 37.3 Å². The Bertz CT molecular complexity index is 434. The fraction of sp³-hybridized carbons (Fsp3) is 0.467. The molecule has 5 heteroatoms. The van der Waals surface area contributed by atoms with Gasteiger partial charge in [-0.05, 0) is 30.9 Å². The Labute approximate surface area is 119 Å². The summed E-state index contributed by atoms with van der Waals surface area (Å²) in [4.78, 5) is 22.9. The Morgan fingerprint density at radius 1 is 1.30 bits per heavy atom. The standard InChI is InChI=1S/C15H22N2O3/c1-11(10-16)9-14(18)17-13(15(19)20)8-7-12-5-3-2-4-6-12/h2-6,11,13H,7-10,16H2,1H3,(H,17,18)(H,19,20). The lowest BCUT2D eigenvalue weighted by atomic mass is 10.0. The summed E-state index contributed by atoms with van der Waals surface area (Å²) in [6.45, 7) is 2.27. The van der Waals surface area contributed by atoms with Crippen molar-refractivity contribution in [3.05, 3.63) is 35.9 Å². The number of nitrogens with two attached hydrogens (primary N) is 1. The topological polar surface area (TPSA) is 92.4 Å². The maximum Gasteiger partial charge on any atom is 0.326 e. The summed E-state index contributed by atoms with van der Waals surface area (Å²) in [5.41, 5.74) is 6.51. The van der Waals surface area contributed by atoms with Gasteiger partial charge in [0, 0.05) is 6.42 Å². The zero-order valence-electron chi connectivity index (χ0n) is 11.7. The molecule has 1 amide bonds. The first-order valence-corrected chi connectivity index (χ1v) is 6.79. The molecule has 0 fully saturated rings. The molecular formula is C15H22N2O3. The van der Waals surface area contributed by atoms with Crippen LogP contribution in [-0.4, -0.2) is 29.6 Å². The average Bonchev–Trinajstić information content (AvgIpc) is 2.44. The lowest BCUT2D eigenvalue weighted by Gasteiger charge is -2.16.